The van der Waals surface area contributed by atoms with Gasteiger partial charge in [0.15, 0.2) is 6.61 Å². The molecule has 28 heavy (non-hydrogen) atoms. The first-order valence-corrected chi connectivity index (χ1v) is 10.3. The molecule has 0 heterocycles. The van der Waals surface area contributed by atoms with Crippen molar-refractivity contribution in [2.24, 2.45) is 0 Å². The van der Waals surface area contributed by atoms with E-state index in [4.69, 9.17) is 9.47 Å². The topological polar surface area (TPSA) is 93.7 Å². The Bertz CT molecular complexity index is 955. The highest BCUT2D eigenvalue weighted by molar-refractivity contribution is 7.89. The fourth-order valence-electron chi connectivity index (χ4n) is 2.47. The van der Waals surface area contributed by atoms with Crippen LogP contribution < -0.4 is 19.5 Å². The largest absolute Gasteiger partial charge is 0.495 e. The Morgan fingerprint density at radius 1 is 1.07 bits per heavy atom. The first-order valence-electron chi connectivity index (χ1n) is 8.82. The van der Waals surface area contributed by atoms with Gasteiger partial charge in [-0.2, -0.15) is 0 Å². The number of nitrogens with one attached hydrogen (secondary N) is 2. The van der Waals surface area contributed by atoms with Crippen molar-refractivity contribution in [2.45, 2.75) is 38.6 Å². The fourth-order valence-corrected chi connectivity index (χ4v) is 3.75. The van der Waals surface area contributed by atoms with Crippen molar-refractivity contribution in [3.63, 3.8) is 0 Å². The molecule has 1 amide bonds. The van der Waals surface area contributed by atoms with Crippen LogP contribution in [0, 0.1) is 13.8 Å². The molecule has 0 bridgehead atoms. The zero-order valence-electron chi connectivity index (χ0n) is 16.7. The van der Waals surface area contributed by atoms with E-state index in [2.05, 4.69) is 10.0 Å². The Labute approximate surface area is 166 Å². The molecule has 0 spiro atoms. The van der Waals surface area contributed by atoms with Crippen LogP contribution in [0.15, 0.2) is 41.3 Å². The standard InChI is InChI=1S/C20H26N2O5S/c1-13(2)22-28(24,25)17-8-9-19(26-5)18(11-17)21-20(23)12-27-16-7-6-14(3)15(4)10-16/h6-11,13,22H,12H2,1-5H3,(H,21,23). The van der Waals surface area contributed by atoms with Gasteiger partial charge in [-0.25, -0.2) is 13.1 Å². The molecule has 0 saturated heterocycles. The number of carbonyl (C=O) groups excluding carboxylic acids is 1. The normalized spacial score (nSPS) is 11.4. The molecule has 0 radical (unpaired) electrons. The summed E-state index contributed by atoms with van der Waals surface area (Å²) in [6, 6.07) is 9.59. The maximum atomic E-state index is 12.4. The minimum atomic E-state index is -3.70. The van der Waals surface area contributed by atoms with Gasteiger partial charge in [-0.15, -0.1) is 0 Å². The third-order valence-corrected chi connectivity index (χ3v) is 5.65. The Morgan fingerprint density at radius 2 is 1.79 bits per heavy atom. The summed E-state index contributed by atoms with van der Waals surface area (Å²) in [5.74, 6) is 0.508. The first kappa shape index (κ1) is 21.7. The van der Waals surface area contributed by atoms with Crippen molar-refractivity contribution in [1.29, 1.82) is 0 Å². The first-order chi connectivity index (χ1) is 13.1. The second-order valence-electron chi connectivity index (χ2n) is 6.72. The number of benzene rings is 2. The van der Waals surface area contributed by atoms with Gasteiger partial charge in [0.2, 0.25) is 10.0 Å². The van der Waals surface area contributed by atoms with Gasteiger partial charge in [0.1, 0.15) is 11.5 Å². The van der Waals surface area contributed by atoms with Gasteiger partial charge < -0.3 is 14.8 Å². The molecule has 2 N–H and O–H groups in total. The average Bonchev–Trinajstić information content (AvgIpc) is 2.61. The van der Waals surface area contributed by atoms with E-state index in [0.29, 0.717) is 11.5 Å². The molecule has 0 saturated carbocycles. The van der Waals surface area contributed by atoms with Crippen LogP contribution in [0.4, 0.5) is 5.69 Å². The minimum absolute atomic E-state index is 0.0346. The lowest BCUT2D eigenvalue weighted by Gasteiger charge is -2.14. The summed E-state index contributed by atoms with van der Waals surface area (Å²) >= 11 is 0. The summed E-state index contributed by atoms with van der Waals surface area (Å²) in [5, 5.41) is 2.64. The molecule has 2 rings (SSSR count). The number of anilines is 1. The Balaban J connectivity index is 2.13. The third kappa shape index (κ3) is 5.71. The Kier molecular flexibility index (Phi) is 7.04. The summed E-state index contributed by atoms with van der Waals surface area (Å²) in [5.41, 5.74) is 2.45. The molecule has 0 aliphatic carbocycles. The number of amides is 1. The quantitative estimate of drug-likeness (QED) is 0.703. The molecule has 0 fully saturated rings. The van der Waals surface area contributed by atoms with Crippen LogP contribution in [0.2, 0.25) is 0 Å². The zero-order chi connectivity index (χ0) is 20.9. The molecule has 0 aliphatic rings. The molecule has 0 aromatic heterocycles. The maximum Gasteiger partial charge on any atom is 0.262 e. The molecule has 0 unspecified atom stereocenters. The van der Waals surface area contributed by atoms with E-state index in [1.165, 1.54) is 25.3 Å². The zero-order valence-corrected chi connectivity index (χ0v) is 17.5. The Morgan fingerprint density at radius 3 is 2.39 bits per heavy atom. The van der Waals surface area contributed by atoms with Crippen molar-refractivity contribution in [3.8, 4) is 11.5 Å². The second kappa shape index (κ2) is 9.07. The highest BCUT2D eigenvalue weighted by Crippen LogP contribution is 2.27. The summed E-state index contributed by atoms with van der Waals surface area (Å²) in [7, 11) is -2.25. The van der Waals surface area contributed by atoms with Crippen molar-refractivity contribution >= 4 is 21.6 Å². The lowest BCUT2D eigenvalue weighted by molar-refractivity contribution is -0.118. The smallest absolute Gasteiger partial charge is 0.262 e. The van der Waals surface area contributed by atoms with Crippen molar-refractivity contribution in [3.05, 3.63) is 47.5 Å². The molecule has 0 aliphatic heterocycles. The van der Waals surface area contributed by atoms with E-state index in [-0.39, 0.29) is 23.2 Å². The van der Waals surface area contributed by atoms with Gasteiger partial charge in [-0.05, 0) is 69.2 Å². The van der Waals surface area contributed by atoms with Gasteiger partial charge in [0.25, 0.3) is 5.91 Å². The number of hydrogen-bond acceptors (Lipinski definition) is 5. The monoisotopic (exact) mass is 406 g/mol. The summed E-state index contributed by atoms with van der Waals surface area (Å²) in [4.78, 5) is 12.3. The van der Waals surface area contributed by atoms with Crippen molar-refractivity contribution < 1.29 is 22.7 Å². The van der Waals surface area contributed by atoms with Crippen LogP contribution in [0.5, 0.6) is 11.5 Å². The predicted octanol–water partition coefficient (Wildman–Crippen LogP) is 3.02. The van der Waals surface area contributed by atoms with E-state index >= 15 is 0 Å². The molecule has 2 aromatic rings. The maximum absolute atomic E-state index is 12.4. The number of carbonyl (C=O) groups is 1. The number of ether oxygens (including phenoxy) is 2. The average molecular weight is 407 g/mol. The summed E-state index contributed by atoms with van der Waals surface area (Å²) in [6.07, 6.45) is 0. The SMILES string of the molecule is COc1ccc(S(=O)(=O)NC(C)C)cc1NC(=O)COc1ccc(C)c(C)c1. The van der Waals surface area contributed by atoms with E-state index in [1.54, 1.807) is 19.9 Å². The number of rotatable bonds is 8. The number of sulfonamides is 1. The summed E-state index contributed by atoms with van der Waals surface area (Å²) < 4.78 is 38.0. The van der Waals surface area contributed by atoms with Crippen molar-refractivity contribution in [2.75, 3.05) is 19.0 Å². The van der Waals surface area contributed by atoms with Gasteiger partial charge >= 0.3 is 0 Å². The second-order valence-corrected chi connectivity index (χ2v) is 8.43. The Hall–Kier alpha value is -2.58. The van der Waals surface area contributed by atoms with E-state index in [0.717, 1.165) is 11.1 Å². The lowest BCUT2D eigenvalue weighted by atomic mass is 10.1. The predicted molar refractivity (Wildman–Crippen MR) is 108 cm³/mol. The molecular weight excluding hydrogens is 380 g/mol. The van der Waals surface area contributed by atoms with Crippen LogP contribution in [0.1, 0.15) is 25.0 Å². The lowest BCUT2D eigenvalue weighted by Crippen LogP contribution is -2.30. The van der Waals surface area contributed by atoms with Crippen LogP contribution in [-0.4, -0.2) is 34.1 Å². The van der Waals surface area contributed by atoms with Gasteiger partial charge in [-0.1, -0.05) is 6.07 Å². The van der Waals surface area contributed by atoms with E-state index in [1.807, 2.05) is 26.0 Å². The molecule has 7 nitrogen and oxygen atoms in total. The van der Waals surface area contributed by atoms with Crippen LogP contribution >= 0.6 is 0 Å². The van der Waals surface area contributed by atoms with E-state index in [9.17, 15) is 13.2 Å². The summed E-state index contributed by atoms with van der Waals surface area (Å²) in [6.45, 7) is 7.20. The van der Waals surface area contributed by atoms with Gasteiger partial charge in [-0.3, -0.25) is 4.79 Å². The molecule has 0 atom stereocenters. The van der Waals surface area contributed by atoms with Crippen LogP contribution in [0.3, 0.4) is 0 Å². The molecular formula is C20H26N2O5S. The van der Waals surface area contributed by atoms with Crippen LogP contribution in [0.25, 0.3) is 0 Å². The van der Waals surface area contributed by atoms with Crippen molar-refractivity contribution in [1.82, 2.24) is 4.72 Å². The highest BCUT2D eigenvalue weighted by Gasteiger charge is 2.18. The highest BCUT2D eigenvalue weighted by atomic mass is 32.2. The number of aryl methyl sites for hydroxylation is 2. The third-order valence-electron chi connectivity index (χ3n) is 3.99. The molecule has 152 valence electrons. The minimum Gasteiger partial charge on any atom is -0.495 e. The number of methoxy groups -OCH3 is 1. The molecule has 2 aromatic carbocycles. The molecule has 8 heteroatoms. The van der Waals surface area contributed by atoms with Crippen LogP contribution in [-0.2, 0) is 14.8 Å². The van der Waals surface area contributed by atoms with Gasteiger partial charge in [0.05, 0.1) is 17.7 Å². The van der Waals surface area contributed by atoms with Gasteiger partial charge in [0, 0.05) is 6.04 Å². The fraction of sp³-hybridized carbons (Fsp3) is 0.350. The number of hydrogen-bond donors (Lipinski definition) is 2. The van der Waals surface area contributed by atoms with E-state index < -0.39 is 15.9 Å².